The van der Waals surface area contributed by atoms with Gasteiger partial charge in [0, 0.05) is 31.9 Å². The minimum atomic E-state index is -1.22. The van der Waals surface area contributed by atoms with Crippen molar-refractivity contribution in [1.82, 2.24) is 9.80 Å². The Balaban J connectivity index is 1.56. The van der Waals surface area contributed by atoms with Crippen LogP contribution in [-0.4, -0.2) is 66.0 Å². The summed E-state index contributed by atoms with van der Waals surface area (Å²) >= 11 is 0. The summed E-state index contributed by atoms with van der Waals surface area (Å²) in [4.78, 5) is 41.0. The fourth-order valence-electron chi connectivity index (χ4n) is 3.06. The third-order valence-electron chi connectivity index (χ3n) is 4.61. The van der Waals surface area contributed by atoms with Crippen molar-refractivity contribution in [2.24, 2.45) is 0 Å². The second kappa shape index (κ2) is 6.67. The lowest BCUT2D eigenvalue weighted by Gasteiger charge is -2.36. The Morgan fingerprint density at radius 1 is 1.15 bits per heavy atom. The molecular formula is C18H20N4O4. The first kappa shape index (κ1) is 17.7. The number of amides is 3. The molecule has 2 aliphatic heterocycles. The smallest absolute Gasteiger partial charge is 0.418 e. The van der Waals surface area contributed by atoms with Crippen LogP contribution in [0.3, 0.4) is 0 Å². The fourth-order valence-corrected chi connectivity index (χ4v) is 3.06. The van der Waals surface area contributed by atoms with Crippen LogP contribution in [0.1, 0.15) is 19.4 Å². The number of piperazine rings is 1. The molecule has 136 valence electrons. The molecule has 0 saturated carbocycles. The molecule has 3 amide bonds. The van der Waals surface area contributed by atoms with Crippen LogP contribution in [0.25, 0.3) is 0 Å². The number of nitrogens with zero attached hydrogens (tertiary/aromatic N) is 4. The number of imide groups is 1. The van der Waals surface area contributed by atoms with Crippen LogP contribution in [0.5, 0.6) is 0 Å². The van der Waals surface area contributed by atoms with Crippen molar-refractivity contribution in [2.75, 3.05) is 37.6 Å². The lowest BCUT2D eigenvalue weighted by Crippen LogP contribution is -2.52. The second-order valence-corrected chi connectivity index (χ2v) is 6.80. The Kier molecular flexibility index (Phi) is 4.55. The maximum atomic E-state index is 12.5. The summed E-state index contributed by atoms with van der Waals surface area (Å²) in [7, 11) is 0. The number of carbonyl (C=O) groups excluding carboxylic acids is 3. The highest BCUT2D eigenvalue weighted by molar-refractivity contribution is 6.04. The third kappa shape index (κ3) is 3.33. The van der Waals surface area contributed by atoms with Crippen LogP contribution < -0.4 is 4.90 Å². The molecule has 3 rings (SSSR count). The number of anilines is 1. The number of ether oxygens (including phenoxy) is 1. The van der Waals surface area contributed by atoms with E-state index in [4.69, 9.17) is 10.00 Å². The normalized spacial score (nSPS) is 19.3. The van der Waals surface area contributed by atoms with Gasteiger partial charge in [0.15, 0.2) is 5.60 Å². The quantitative estimate of drug-likeness (QED) is 0.801. The molecule has 0 spiro atoms. The van der Waals surface area contributed by atoms with Crippen molar-refractivity contribution in [2.45, 2.75) is 19.4 Å². The number of rotatable bonds is 3. The number of cyclic esters (lactones) is 1. The number of hydrogen-bond acceptors (Lipinski definition) is 6. The van der Waals surface area contributed by atoms with Gasteiger partial charge in [-0.1, -0.05) is 0 Å². The molecule has 2 heterocycles. The standard InChI is InChI=1S/C18H20N4O4/c1-18(2)16(24)22(17(25)26-18)12-15(23)21-9-7-20(8-10-21)14-5-3-13(11-19)4-6-14/h3-6H,7-10,12H2,1-2H3. The van der Waals surface area contributed by atoms with Crippen LogP contribution in [-0.2, 0) is 14.3 Å². The first-order chi connectivity index (χ1) is 12.3. The minimum Gasteiger partial charge on any atom is -0.433 e. The van der Waals surface area contributed by atoms with Crippen LogP contribution in [0, 0.1) is 11.3 Å². The number of benzene rings is 1. The molecule has 8 nitrogen and oxygen atoms in total. The van der Waals surface area contributed by atoms with Gasteiger partial charge in [0.2, 0.25) is 5.91 Å². The van der Waals surface area contributed by atoms with E-state index in [1.165, 1.54) is 13.8 Å². The molecule has 0 N–H and O–H groups in total. The summed E-state index contributed by atoms with van der Waals surface area (Å²) in [6.45, 7) is 5.00. The van der Waals surface area contributed by atoms with E-state index >= 15 is 0 Å². The van der Waals surface area contributed by atoms with Crippen LogP contribution in [0.4, 0.5) is 10.5 Å². The number of carbonyl (C=O) groups is 3. The van der Waals surface area contributed by atoms with Gasteiger partial charge in [-0.05, 0) is 38.1 Å². The largest absolute Gasteiger partial charge is 0.433 e. The fraction of sp³-hybridized carbons (Fsp3) is 0.444. The maximum absolute atomic E-state index is 12.5. The zero-order valence-electron chi connectivity index (χ0n) is 14.8. The molecule has 2 saturated heterocycles. The molecule has 0 bridgehead atoms. The van der Waals surface area contributed by atoms with E-state index in [-0.39, 0.29) is 12.5 Å². The molecule has 0 radical (unpaired) electrons. The highest BCUT2D eigenvalue weighted by Gasteiger charge is 2.48. The maximum Gasteiger partial charge on any atom is 0.418 e. The molecule has 2 fully saturated rings. The summed E-state index contributed by atoms with van der Waals surface area (Å²) in [6, 6.07) is 9.38. The van der Waals surface area contributed by atoms with Gasteiger partial charge in [-0.25, -0.2) is 9.69 Å². The first-order valence-electron chi connectivity index (χ1n) is 8.39. The summed E-state index contributed by atoms with van der Waals surface area (Å²) < 4.78 is 4.99. The third-order valence-corrected chi connectivity index (χ3v) is 4.61. The Morgan fingerprint density at radius 3 is 2.27 bits per heavy atom. The van der Waals surface area contributed by atoms with Crippen molar-refractivity contribution in [3.8, 4) is 6.07 Å². The van der Waals surface area contributed by atoms with Gasteiger partial charge >= 0.3 is 6.09 Å². The average Bonchev–Trinajstić information content (AvgIpc) is 2.83. The molecule has 2 aliphatic rings. The highest BCUT2D eigenvalue weighted by Crippen LogP contribution is 2.23. The molecule has 0 atom stereocenters. The predicted octanol–water partition coefficient (Wildman–Crippen LogP) is 0.964. The summed E-state index contributed by atoms with van der Waals surface area (Å²) in [5.41, 5.74) is 0.384. The van der Waals surface area contributed by atoms with Crippen LogP contribution in [0.2, 0.25) is 0 Å². The Labute approximate surface area is 151 Å². The Morgan fingerprint density at radius 2 is 1.77 bits per heavy atom. The van der Waals surface area contributed by atoms with Gasteiger partial charge in [-0.2, -0.15) is 5.26 Å². The van der Waals surface area contributed by atoms with Gasteiger partial charge < -0.3 is 14.5 Å². The zero-order chi connectivity index (χ0) is 18.9. The summed E-state index contributed by atoms with van der Waals surface area (Å²) in [5.74, 6) is -0.764. The van der Waals surface area contributed by atoms with E-state index in [0.29, 0.717) is 31.7 Å². The summed E-state index contributed by atoms with van der Waals surface area (Å²) in [5, 5.41) is 8.85. The average molecular weight is 356 g/mol. The molecular weight excluding hydrogens is 336 g/mol. The van der Waals surface area contributed by atoms with Crippen molar-refractivity contribution in [3.63, 3.8) is 0 Å². The zero-order valence-corrected chi connectivity index (χ0v) is 14.8. The van der Waals surface area contributed by atoms with Crippen LogP contribution in [0.15, 0.2) is 24.3 Å². The monoisotopic (exact) mass is 356 g/mol. The highest BCUT2D eigenvalue weighted by atomic mass is 16.6. The van der Waals surface area contributed by atoms with Crippen LogP contribution >= 0.6 is 0 Å². The number of nitriles is 1. The molecule has 8 heteroatoms. The van der Waals surface area contributed by atoms with E-state index < -0.39 is 17.6 Å². The van der Waals surface area contributed by atoms with Gasteiger partial charge in [0.1, 0.15) is 6.54 Å². The van der Waals surface area contributed by atoms with Crippen molar-refractivity contribution < 1.29 is 19.1 Å². The molecule has 1 aromatic carbocycles. The number of hydrogen-bond donors (Lipinski definition) is 0. The predicted molar refractivity (Wildman–Crippen MR) is 92.2 cm³/mol. The van der Waals surface area contributed by atoms with Gasteiger partial charge in [0.25, 0.3) is 5.91 Å². The molecule has 26 heavy (non-hydrogen) atoms. The van der Waals surface area contributed by atoms with Crippen molar-refractivity contribution >= 4 is 23.6 Å². The van der Waals surface area contributed by atoms with E-state index in [2.05, 4.69) is 11.0 Å². The lowest BCUT2D eigenvalue weighted by atomic mass is 10.1. The molecule has 0 aliphatic carbocycles. The van der Waals surface area contributed by atoms with Gasteiger partial charge in [0.05, 0.1) is 11.6 Å². The molecule has 0 aromatic heterocycles. The van der Waals surface area contributed by atoms with E-state index in [0.717, 1.165) is 10.6 Å². The van der Waals surface area contributed by atoms with E-state index in [1.807, 2.05) is 12.1 Å². The Bertz CT molecular complexity index is 773. The van der Waals surface area contributed by atoms with Gasteiger partial charge in [-0.3, -0.25) is 9.59 Å². The second-order valence-electron chi connectivity index (χ2n) is 6.80. The molecule has 1 aromatic rings. The van der Waals surface area contributed by atoms with E-state index in [9.17, 15) is 14.4 Å². The van der Waals surface area contributed by atoms with Crippen molar-refractivity contribution in [3.05, 3.63) is 29.8 Å². The van der Waals surface area contributed by atoms with E-state index in [1.54, 1.807) is 17.0 Å². The lowest BCUT2D eigenvalue weighted by molar-refractivity contribution is -0.140. The SMILES string of the molecule is CC1(C)OC(=O)N(CC(=O)N2CCN(c3ccc(C#N)cc3)CC2)C1=O. The summed E-state index contributed by atoms with van der Waals surface area (Å²) in [6.07, 6.45) is -0.774. The van der Waals surface area contributed by atoms with Gasteiger partial charge in [-0.15, -0.1) is 0 Å². The van der Waals surface area contributed by atoms with Crippen molar-refractivity contribution in [1.29, 1.82) is 5.26 Å². The minimum absolute atomic E-state index is 0.271. The topological polar surface area (TPSA) is 93.9 Å². The molecule has 0 unspecified atom stereocenters. The Hall–Kier alpha value is -3.08. The first-order valence-corrected chi connectivity index (χ1v) is 8.39.